The highest BCUT2D eigenvalue weighted by Gasteiger charge is 2.62. The third-order valence-electron chi connectivity index (χ3n) is 5.31. The van der Waals surface area contributed by atoms with Gasteiger partial charge in [-0.15, -0.1) is 0 Å². The SMILES string of the molecule is COc1ccc([N+](=O)[O-])cc1CNC(=O)N1CC2C(C1)C2(C)C. The maximum absolute atomic E-state index is 12.3. The largest absolute Gasteiger partial charge is 0.496 e. The lowest BCUT2D eigenvalue weighted by Crippen LogP contribution is -2.40. The first-order valence-electron chi connectivity index (χ1n) is 7.68. The van der Waals surface area contributed by atoms with Crippen molar-refractivity contribution in [2.45, 2.75) is 20.4 Å². The molecule has 1 N–H and O–H groups in total. The molecule has 2 unspecified atom stereocenters. The van der Waals surface area contributed by atoms with Gasteiger partial charge in [0.15, 0.2) is 0 Å². The molecule has 0 radical (unpaired) electrons. The van der Waals surface area contributed by atoms with E-state index in [4.69, 9.17) is 4.74 Å². The van der Waals surface area contributed by atoms with Crippen molar-refractivity contribution in [3.63, 3.8) is 0 Å². The number of urea groups is 1. The molecule has 1 heterocycles. The molecule has 2 aliphatic rings. The first-order chi connectivity index (χ1) is 10.8. The molecule has 124 valence electrons. The lowest BCUT2D eigenvalue weighted by atomic mass is 10.1. The van der Waals surface area contributed by atoms with Gasteiger partial charge in [-0.05, 0) is 23.3 Å². The monoisotopic (exact) mass is 319 g/mol. The number of carbonyl (C=O) groups excluding carboxylic acids is 1. The Hall–Kier alpha value is -2.31. The standard InChI is InChI=1S/C16H21N3O4/c1-16(2)12-8-18(9-13(12)16)15(20)17-7-10-6-11(19(21)22)4-5-14(10)23-3/h4-6,12-13H,7-9H2,1-3H3,(H,17,20). The Morgan fingerprint density at radius 3 is 2.65 bits per heavy atom. The van der Waals surface area contributed by atoms with Crippen molar-refractivity contribution >= 4 is 11.7 Å². The molecule has 3 rings (SSSR count). The predicted octanol–water partition coefficient (Wildman–Crippen LogP) is 2.40. The molecular weight excluding hydrogens is 298 g/mol. The molecule has 23 heavy (non-hydrogen) atoms. The highest BCUT2D eigenvalue weighted by atomic mass is 16.6. The molecule has 1 aromatic rings. The molecule has 2 atom stereocenters. The van der Waals surface area contributed by atoms with E-state index in [9.17, 15) is 14.9 Å². The molecule has 7 nitrogen and oxygen atoms in total. The van der Waals surface area contributed by atoms with Crippen molar-refractivity contribution in [3.8, 4) is 5.75 Å². The fraction of sp³-hybridized carbons (Fsp3) is 0.562. The van der Waals surface area contributed by atoms with Crippen molar-refractivity contribution in [1.82, 2.24) is 10.2 Å². The molecule has 1 saturated heterocycles. The number of amides is 2. The van der Waals surface area contributed by atoms with Crippen LogP contribution >= 0.6 is 0 Å². The molecule has 1 aliphatic carbocycles. The fourth-order valence-electron chi connectivity index (χ4n) is 3.60. The van der Waals surface area contributed by atoms with Crippen LogP contribution in [-0.2, 0) is 6.54 Å². The minimum atomic E-state index is -0.458. The van der Waals surface area contributed by atoms with E-state index in [-0.39, 0.29) is 18.3 Å². The quantitative estimate of drug-likeness (QED) is 0.682. The normalized spacial score (nSPS) is 24.0. The molecule has 1 aliphatic heterocycles. The van der Waals surface area contributed by atoms with Gasteiger partial charge in [0.2, 0.25) is 0 Å². The zero-order valence-electron chi connectivity index (χ0n) is 13.5. The number of piperidine rings is 1. The summed E-state index contributed by atoms with van der Waals surface area (Å²) in [7, 11) is 1.50. The van der Waals surface area contributed by atoms with E-state index in [1.807, 2.05) is 4.90 Å². The molecule has 2 fully saturated rings. The zero-order valence-corrected chi connectivity index (χ0v) is 13.5. The fourth-order valence-corrected chi connectivity index (χ4v) is 3.60. The van der Waals surface area contributed by atoms with E-state index in [1.54, 1.807) is 6.07 Å². The van der Waals surface area contributed by atoms with E-state index in [2.05, 4.69) is 19.2 Å². The molecule has 0 spiro atoms. The molecule has 1 saturated carbocycles. The molecule has 2 amide bonds. The van der Waals surface area contributed by atoms with E-state index in [1.165, 1.54) is 19.2 Å². The van der Waals surface area contributed by atoms with Gasteiger partial charge in [-0.3, -0.25) is 10.1 Å². The average Bonchev–Trinajstić information content (AvgIpc) is 2.91. The second-order valence-electron chi connectivity index (χ2n) is 6.85. The van der Waals surface area contributed by atoms with Gasteiger partial charge < -0.3 is 15.0 Å². The van der Waals surface area contributed by atoms with Crippen LogP contribution in [0.2, 0.25) is 0 Å². The van der Waals surface area contributed by atoms with Gasteiger partial charge in [0, 0.05) is 37.3 Å². The first kappa shape index (κ1) is 15.6. The number of hydrogen-bond acceptors (Lipinski definition) is 4. The summed E-state index contributed by atoms with van der Waals surface area (Å²) in [5, 5.41) is 13.7. The van der Waals surface area contributed by atoms with Gasteiger partial charge in [-0.1, -0.05) is 13.8 Å². The smallest absolute Gasteiger partial charge is 0.317 e. The summed E-state index contributed by atoms with van der Waals surface area (Å²) in [6.07, 6.45) is 0. The number of hydrogen-bond donors (Lipinski definition) is 1. The third-order valence-corrected chi connectivity index (χ3v) is 5.31. The number of benzene rings is 1. The molecule has 0 bridgehead atoms. The number of fused-ring (bicyclic) bond motifs is 1. The Kier molecular flexibility index (Phi) is 3.66. The number of likely N-dealkylation sites (tertiary alicyclic amines) is 1. The minimum Gasteiger partial charge on any atom is -0.496 e. The Labute approximate surface area is 134 Å². The highest BCUT2D eigenvalue weighted by molar-refractivity contribution is 5.75. The summed E-state index contributed by atoms with van der Waals surface area (Å²) in [4.78, 5) is 24.5. The van der Waals surface area contributed by atoms with Crippen LogP contribution in [0.1, 0.15) is 19.4 Å². The van der Waals surface area contributed by atoms with Crippen LogP contribution in [0.25, 0.3) is 0 Å². The molecular formula is C16H21N3O4. The Morgan fingerprint density at radius 2 is 2.09 bits per heavy atom. The number of ether oxygens (including phenoxy) is 1. The topological polar surface area (TPSA) is 84.7 Å². The van der Waals surface area contributed by atoms with Crippen LogP contribution in [-0.4, -0.2) is 36.1 Å². The maximum Gasteiger partial charge on any atom is 0.317 e. The van der Waals surface area contributed by atoms with Crippen molar-refractivity contribution in [2.75, 3.05) is 20.2 Å². The Balaban J connectivity index is 1.61. The van der Waals surface area contributed by atoms with Crippen LogP contribution in [0.4, 0.5) is 10.5 Å². The summed E-state index contributed by atoms with van der Waals surface area (Å²) in [6, 6.07) is 4.25. The summed E-state index contributed by atoms with van der Waals surface area (Å²) in [5.41, 5.74) is 0.944. The van der Waals surface area contributed by atoms with Crippen molar-refractivity contribution < 1.29 is 14.5 Å². The average molecular weight is 319 g/mol. The van der Waals surface area contributed by atoms with Crippen LogP contribution in [0.15, 0.2) is 18.2 Å². The molecule has 7 heteroatoms. The van der Waals surface area contributed by atoms with Gasteiger partial charge in [-0.2, -0.15) is 0 Å². The van der Waals surface area contributed by atoms with E-state index in [0.29, 0.717) is 28.6 Å². The number of non-ortho nitro benzene ring substituents is 1. The summed E-state index contributed by atoms with van der Waals surface area (Å²) >= 11 is 0. The lowest BCUT2D eigenvalue weighted by Gasteiger charge is -2.22. The Morgan fingerprint density at radius 1 is 1.43 bits per heavy atom. The predicted molar refractivity (Wildman–Crippen MR) is 84.2 cm³/mol. The van der Waals surface area contributed by atoms with Crippen LogP contribution < -0.4 is 10.1 Å². The van der Waals surface area contributed by atoms with Crippen molar-refractivity contribution in [2.24, 2.45) is 17.3 Å². The number of nitro groups is 1. The second kappa shape index (κ2) is 5.40. The van der Waals surface area contributed by atoms with E-state index >= 15 is 0 Å². The number of methoxy groups -OCH3 is 1. The second-order valence-corrected chi connectivity index (χ2v) is 6.85. The first-order valence-corrected chi connectivity index (χ1v) is 7.68. The number of nitro benzene ring substituents is 1. The van der Waals surface area contributed by atoms with Crippen LogP contribution in [0.3, 0.4) is 0 Å². The molecule has 1 aromatic carbocycles. The number of nitrogens with one attached hydrogen (secondary N) is 1. The lowest BCUT2D eigenvalue weighted by molar-refractivity contribution is -0.384. The van der Waals surface area contributed by atoms with E-state index < -0.39 is 4.92 Å². The van der Waals surface area contributed by atoms with Gasteiger partial charge in [-0.25, -0.2) is 4.79 Å². The van der Waals surface area contributed by atoms with Crippen molar-refractivity contribution in [1.29, 1.82) is 0 Å². The number of carbonyl (C=O) groups is 1. The van der Waals surface area contributed by atoms with Crippen LogP contribution in [0.5, 0.6) is 5.75 Å². The zero-order chi connectivity index (χ0) is 16.8. The number of rotatable bonds is 4. The van der Waals surface area contributed by atoms with Gasteiger partial charge in [0.05, 0.1) is 12.0 Å². The summed E-state index contributed by atoms with van der Waals surface area (Å²) in [6.45, 7) is 6.27. The highest BCUT2D eigenvalue weighted by Crippen LogP contribution is 2.61. The van der Waals surface area contributed by atoms with Crippen LogP contribution in [0, 0.1) is 27.4 Å². The van der Waals surface area contributed by atoms with E-state index in [0.717, 1.165) is 13.1 Å². The number of nitrogens with zero attached hydrogens (tertiary/aromatic N) is 2. The van der Waals surface area contributed by atoms with Gasteiger partial charge in [0.25, 0.3) is 5.69 Å². The van der Waals surface area contributed by atoms with Gasteiger partial charge >= 0.3 is 6.03 Å². The summed E-state index contributed by atoms with van der Waals surface area (Å²) in [5.74, 6) is 1.72. The molecule has 0 aromatic heterocycles. The van der Waals surface area contributed by atoms with Gasteiger partial charge in [0.1, 0.15) is 5.75 Å². The Bertz CT molecular complexity index is 645. The minimum absolute atomic E-state index is 0.0146. The maximum atomic E-state index is 12.3. The van der Waals surface area contributed by atoms with Crippen molar-refractivity contribution in [3.05, 3.63) is 33.9 Å². The third kappa shape index (κ3) is 2.71. The summed E-state index contributed by atoms with van der Waals surface area (Å²) < 4.78 is 5.20.